The molecule has 0 aromatic carbocycles. The Kier molecular flexibility index (Phi) is 1.89. The number of amides is 1. The van der Waals surface area contributed by atoms with Crippen molar-refractivity contribution >= 4 is 5.91 Å². The molecule has 0 saturated carbocycles. The summed E-state index contributed by atoms with van der Waals surface area (Å²) < 4.78 is 5.29. The van der Waals surface area contributed by atoms with Crippen molar-refractivity contribution in [3.05, 3.63) is 12.5 Å². The first-order valence-corrected chi connectivity index (χ1v) is 3.67. The van der Waals surface area contributed by atoms with E-state index >= 15 is 0 Å². The second-order valence-corrected chi connectivity index (χ2v) is 2.90. The normalized spacial score (nSPS) is 32.1. The first-order valence-electron chi connectivity index (χ1n) is 3.67. The van der Waals surface area contributed by atoms with Crippen LogP contribution in [0.15, 0.2) is 12.5 Å². The quantitative estimate of drug-likeness (QED) is 0.521. The van der Waals surface area contributed by atoms with E-state index in [4.69, 9.17) is 4.74 Å². The molecule has 1 rings (SSSR count). The molecule has 0 aliphatic carbocycles. The number of nitrogens with zero attached hydrogens (tertiary/aromatic N) is 1. The van der Waals surface area contributed by atoms with Crippen molar-refractivity contribution in [2.24, 2.45) is 5.92 Å². The molecule has 1 fully saturated rings. The van der Waals surface area contributed by atoms with Crippen LogP contribution in [0, 0.1) is 5.92 Å². The molecule has 1 aliphatic rings. The molecule has 0 aromatic rings. The minimum atomic E-state index is -0.0644. The van der Waals surface area contributed by atoms with Crippen molar-refractivity contribution in [1.82, 2.24) is 4.90 Å². The van der Waals surface area contributed by atoms with Crippen LogP contribution in [0.3, 0.4) is 0 Å². The number of hydrogen-bond donors (Lipinski definition) is 0. The van der Waals surface area contributed by atoms with E-state index in [1.54, 1.807) is 7.05 Å². The van der Waals surface area contributed by atoms with Crippen LogP contribution < -0.4 is 0 Å². The third-order valence-electron chi connectivity index (χ3n) is 2.12. The van der Waals surface area contributed by atoms with Crippen LogP contribution in [0.4, 0.5) is 0 Å². The molecule has 1 heterocycles. The molecular weight excluding hydrogens is 142 g/mol. The molecule has 2 atom stereocenters. The summed E-state index contributed by atoms with van der Waals surface area (Å²) in [5.41, 5.74) is 0. The van der Waals surface area contributed by atoms with E-state index in [0.717, 1.165) is 0 Å². The monoisotopic (exact) mass is 155 g/mol. The minimum absolute atomic E-state index is 0.0498. The molecule has 1 amide bonds. The average Bonchev–Trinajstić information content (AvgIpc) is 1.97. The van der Waals surface area contributed by atoms with Gasteiger partial charge in [-0.3, -0.25) is 9.69 Å². The van der Waals surface area contributed by atoms with E-state index in [9.17, 15) is 4.79 Å². The van der Waals surface area contributed by atoms with Crippen molar-refractivity contribution in [2.75, 3.05) is 7.05 Å². The largest absolute Gasteiger partial charge is 0.475 e. The van der Waals surface area contributed by atoms with Gasteiger partial charge < -0.3 is 4.74 Å². The van der Waals surface area contributed by atoms with Gasteiger partial charge in [-0.15, -0.1) is 0 Å². The van der Waals surface area contributed by atoms with Crippen LogP contribution in [0.1, 0.15) is 13.8 Å². The number of rotatable bonds is 0. The van der Waals surface area contributed by atoms with Crippen molar-refractivity contribution in [2.45, 2.75) is 20.0 Å². The van der Waals surface area contributed by atoms with Gasteiger partial charge in [0.25, 0.3) is 0 Å². The number of carbonyl (C=O) groups excluding carboxylic acids is 1. The van der Waals surface area contributed by atoms with Gasteiger partial charge in [-0.25, -0.2) is 0 Å². The molecule has 11 heavy (non-hydrogen) atoms. The molecule has 1 aliphatic heterocycles. The molecule has 0 spiro atoms. The zero-order valence-electron chi connectivity index (χ0n) is 7.13. The van der Waals surface area contributed by atoms with Gasteiger partial charge in [0.05, 0.1) is 5.92 Å². The summed E-state index contributed by atoms with van der Waals surface area (Å²) in [6, 6.07) is 0. The highest BCUT2D eigenvalue weighted by atomic mass is 16.5. The van der Waals surface area contributed by atoms with Gasteiger partial charge in [0, 0.05) is 7.05 Å². The first kappa shape index (κ1) is 8.11. The van der Waals surface area contributed by atoms with Crippen molar-refractivity contribution < 1.29 is 9.53 Å². The van der Waals surface area contributed by atoms with Gasteiger partial charge >= 0.3 is 0 Å². The Hall–Kier alpha value is -0.990. The summed E-state index contributed by atoms with van der Waals surface area (Å²) in [7, 11) is 1.67. The zero-order chi connectivity index (χ0) is 8.59. The molecule has 0 N–H and O–H groups in total. The van der Waals surface area contributed by atoms with Crippen molar-refractivity contribution in [3.63, 3.8) is 0 Å². The molecule has 3 heteroatoms. The number of hydrogen-bond acceptors (Lipinski definition) is 2. The summed E-state index contributed by atoms with van der Waals surface area (Å²) in [5.74, 6) is 0.458. The van der Waals surface area contributed by atoms with Crippen LogP contribution in [-0.2, 0) is 9.53 Å². The highest BCUT2D eigenvalue weighted by Gasteiger charge is 2.32. The number of ether oxygens (including phenoxy) is 1. The Morgan fingerprint density at radius 1 is 1.55 bits per heavy atom. The van der Waals surface area contributed by atoms with Gasteiger partial charge in [-0.1, -0.05) is 6.92 Å². The highest BCUT2D eigenvalue weighted by molar-refractivity contribution is 5.80. The standard InChI is InChI=1S/C8H13NO2/c1-5-6(2)11-7(3)9(4)8(5)10/h5-6H,3H2,1-2,4H3. The van der Waals surface area contributed by atoms with Crippen LogP contribution >= 0.6 is 0 Å². The topological polar surface area (TPSA) is 29.5 Å². The lowest BCUT2D eigenvalue weighted by molar-refractivity contribution is -0.146. The van der Waals surface area contributed by atoms with Gasteiger partial charge in [0.1, 0.15) is 6.10 Å². The van der Waals surface area contributed by atoms with E-state index < -0.39 is 0 Å². The lowest BCUT2D eigenvalue weighted by Gasteiger charge is -2.33. The van der Waals surface area contributed by atoms with Crippen molar-refractivity contribution in [3.8, 4) is 0 Å². The van der Waals surface area contributed by atoms with Gasteiger partial charge in [-0.2, -0.15) is 0 Å². The molecule has 2 unspecified atom stereocenters. The van der Waals surface area contributed by atoms with E-state index in [2.05, 4.69) is 6.58 Å². The minimum Gasteiger partial charge on any atom is -0.475 e. The van der Waals surface area contributed by atoms with E-state index in [1.807, 2.05) is 13.8 Å². The predicted molar refractivity (Wildman–Crippen MR) is 41.6 cm³/mol. The fraction of sp³-hybridized carbons (Fsp3) is 0.625. The maximum atomic E-state index is 11.3. The third-order valence-corrected chi connectivity index (χ3v) is 2.12. The maximum absolute atomic E-state index is 11.3. The Morgan fingerprint density at radius 2 is 2.09 bits per heavy atom. The third kappa shape index (κ3) is 1.23. The summed E-state index contributed by atoms with van der Waals surface area (Å²) in [5, 5.41) is 0. The predicted octanol–water partition coefficient (Wildman–Crippen LogP) is 0.971. The molecule has 0 aromatic heterocycles. The van der Waals surface area contributed by atoms with Crippen LogP contribution in [0.25, 0.3) is 0 Å². The van der Waals surface area contributed by atoms with E-state index in [-0.39, 0.29) is 17.9 Å². The summed E-state index contributed by atoms with van der Waals surface area (Å²) >= 11 is 0. The molecular formula is C8H13NO2. The Balaban J connectivity index is 2.79. The van der Waals surface area contributed by atoms with Crippen LogP contribution in [-0.4, -0.2) is 24.0 Å². The Morgan fingerprint density at radius 3 is 2.64 bits per heavy atom. The summed E-state index contributed by atoms with van der Waals surface area (Å²) in [6.07, 6.45) is -0.0498. The molecule has 62 valence electrons. The SMILES string of the molecule is C=C1OC(C)C(C)C(=O)N1C. The summed E-state index contributed by atoms with van der Waals surface area (Å²) in [6.45, 7) is 7.35. The first-order chi connectivity index (χ1) is 5.04. The fourth-order valence-corrected chi connectivity index (χ4v) is 1.02. The number of carbonyl (C=O) groups is 1. The molecule has 0 bridgehead atoms. The molecule has 3 nitrogen and oxygen atoms in total. The molecule has 0 radical (unpaired) electrons. The average molecular weight is 155 g/mol. The second kappa shape index (κ2) is 2.57. The lowest BCUT2D eigenvalue weighted by Crippen LogP contribution is -2.43. The fourth-order valence-electron chi connectivity index (χ4n) is 1.02. The Labute approximate surface area is 66.6 Å². The smallest absolute Gasteiger partial charge is 0.235 e. The van der Waals surface area contributed by atoms with Crippen LogP contribution in [0.5, 0.6) is 0 Å². The highest BCUT2D eigenvalue weighted by Crippen LogP contribution is 2.21. The molecule has 1 saturated heterocycles. The second-order valence-electron chi connectivity index (χ2n) is 2.90. The van der Waals surface area contributed by atoms with E-state index in [1.165, 1.54) is 4.90 Å². The van der Waals surface area contributed by atoms with Crippen LogP contribution in [0.2, 0.25) is 0 Å². The van der Waals surface area contributed by atoms with Crippen molar-refractivity contribution in [1.29, 1.82) is 0 Å². The lowest BCUT2D eigenvalue weighted by atomic mass is 10.0. The summed E-state index contributed by atoms with van der Waals surface area (Å²) in [4.78, 5) is 12.8. The van der Waals surface area contributed by atoms with Gasteiger partial charge in [-0.05, 0) is 13.5 Å². The van der Waals surface area contributed by atoms with E-state index in [0.29, 0.717) is 5.88 Å². The maximum Gasteiger partial charge on any atom is 0.235 e. The van der Waals surface area contributed by atoms with Gasteiger partial charge in [0.15, 0.2) is 5.88 Å². The Bertz CT molecular complexity index is 200. The zero-order valence-corrected chi connectivity index (χ0v) is 7.13. The van der Waals surface area contributed by atoms with Gasteiger partial charge in [0.2, 0.25) is 5.91 Å².